The molecule has 3 unspecified atom stereocenters. The van der Waals surface area contributed by atoms with E-state index in [9.17, 15) is 0 Å². The number of benzene rings is 1. The number of ether oxygens (including phenoxy) is 1. The van der Waals surface area contributed by atoms with Gasteiger partial charge in [0.1, 0.15) is 0 Å². The Morgan fingerprint density at radius 1 is 1.21 bits per heavy atom. The van der Waals surface area contributed by atoms with E-state index in [0.29, 0.717) is 5.41 Å². The van der Waals surface area contributed by atoms with Gasteiger partial charge in [-0.05, 0) is 48.5 Å². The van der Waals surface area contributed by atoms with E-state index in [1.54, 1.807) is 5.56 Å². The van der Waals surface area contributed by atoms with Gasteiger partial charge in [-0.15, -0.1) is 0 Å². The Bertz CT molecular complexity index is 417. The maximum absolute atomic E-state index is 4.36. The maximum atomic E-state index is 4.36. The standard InChI is InChI=1S/C14H18.C4H6O/c1-11-9-12-7-8-14(11,10-12)13-5-3-2-4-6-13;1-3-5-4-2/h2-6,11-12H,7-10H2,1H3;3-4H,1-2H2. The summed E-state index contributed by atoms with van der Waals surface area (Å²) >= 11 is 0. The first-order valence-corrected chi connectivity index (χ1v) is 7.15. The minimum absolute atomic E-state index is 0.561. The van der Waals surface area contributed by atoms with Gasteiger partial charge in [0.05, 0.1) is 12.5 Å². The molecule has 0 saturated heterocycles. The van der Waals surface area contributed by atoms with Gasteiger partial charge in [-0.25, -0.2) is 0 Å². The Hall–Kier alpha value is -1.50. The van der Waals surface area contributed by atoms with E-state index < -0.39 is 0 Å². The van der Waals surface area contributed by atoms with Gasteiger partial charge in [-0.2, -0.15) is 0 Å². The molecule has 1 aromatic rings. The van der Waals surface area contributed by atoms with Crippen LogP contribution < -0.4 is 0 Å². The molecule has 1 nitrogen and oxygen atoms in total. The molecule has 2 bridgehead atoms. The normalized spacial score (nSPS) is 31.2. The van der Waals surface area contributed by atoms with Crippen LogP contribution in [0.25, 0.3) is 0 Å². The van der Waals surface area contributed by atoms with Gasteiger partial charge in [-0.3, -0.25) is 0 Å². The van der Waals surface area contributed by atoms with E-state index in [0.717, 1.165) is 11.8 Å². The Morgan fingerprint density at radius 2 is 1.89 bits per heavy atom. The lowest BCUT2D eigenvalue weighted by Crippen LogP contribution is -2.27. The average Bonchev–Trinajstić information content (AvgIpc) is 3.00. The van der Waals surface area contributed by atoms with Gasteiger partial charge in [0, 0.05) is 0 Å². The molecule has 0 aromatic heterocycles. The lowest BCUT2D eigenvalue weighted by atomic mass is 9.71. The first kappa shape index (κ1) is 13.9. The molecule has 0 N–H and O–H groups in total. The van der Waals surface area contributed by atoms with E-state index >= 15 is 0 Å². The van der Waals surface area contributed by atoms with Crippen LogP contribution in [-0.4, -0.2) is 0 Å². The molecule has 0 spiro atoms. The van der Waals surface area contributed by atoms with Crippen molar-refractivity contribution >= 4 is 0 Å². The highest BCUT2D eigenvalue weighted by Crippen LogP contribution is 2.58. The zero-order valence-corrected chi connectivity index (χ0v) is 11.8. The number of hydrogen-bond donors (Lipinski definition) is 0. The van der Waals surface area contributed by atoms with E-state index in [1.165, 1.54) is 38.2 Å². The smallest absolute Gasteiger partial charge is 0.0829 e. The summed E-state index contributed by atoms with van der Waals surface area (Å²) in [6, 6.07) is 11.2. The Labute approximate surface area is 117 Å². The van der Waals surface area contributed by atoms with Crippen LogP contribution in [0.5, 0.6) is 0 Å². The first-order chi connectivity index (χ1) is 9.23. The summed E-state index contributed by atoms with van der Waals surface area (Å²) in [5.41, 5.74) is 2.17. The zero-order valence-electron chi connectivity index (χ0n) is 11.8. The predicted octanol–water partition coefficient (Wildman–Crippen LogP) is 5.05. The van der Waals surface area contributed by atoms with Gasteiger partial charge in [-0.1, -0.05) is 50.4 Å². The fourth-order valence-electron chi connectivity index (χ4n) is 3.94. The molecular weight excluding hydrogens is 232 g/mol. The number of fused-ring (bicyclic) bond motifs is 2. The van der Waals surface area contributed by atoms with Crippen LogP contribution in [0, 0.1) is 11.8 Å². The second kappa shape index (κ2) is 6.10. The molecule has 2 fully saturated rings. The van der Waals surface area contributed by atoms with Crippen molar-refractivity contribution in [2.24, 2.45) is 11.8 Å². The largest absolute Gasteiger partial charge is 0.474 e. The Kier molecular flexibility index (Phi) is 4.47. The van der Waals surface area contributed by atoms with E-state index in [1.807, 2.05) is 0 Å². The minimum Gasteiger partial charge on any atom is -0.474 e. The molecule has 1 aromatic carbocycles. The lowest BCUT2D eigenvalue weighted by molar-refractivity contribution is 0.302. The second-order valence-corrected chi connectivity index (χ2v) is 5.74. The van der Waals surface area contributed by atoms with Gasteiger partial charge >= 0.3 is 0 Å². The van der Waals surface area contributed by atoms with Crippen LogP contribution in [-0.2, 0) is 10.2 Å². The zero-order chi connectivity index (χ0) is 13.7. The highest BCUT2D eigenvalue weighted by Gasteiger charge is 2.50. The van der Waals surface area contributed by atoms with Crippen LogP contribution in [0.4, 0.5) is 0 Å². The molecule has 1 heteroatoms. The summed E-state index contributed by atoms with van der Waals surface area (Å²) in [7, 11) is 0. The van der Waals surface area contributed by atoms with Crippen LogP contribution in [0.2, 0.25) is 0 Å². The molecule has 3 rings (SSSR count). The van der Waals surface area contributed by atoms with Crippen molar-refractivity contribution in [3.63, 3.8) is 0 Å². The van der Waals surface area contributed by atoms with Crippen molar-refractivity contribution in [3.8, 4) is 0 Å². The van der Waals surface area contributed by atoms with Crippen LogP contribution in [0.15, 0.2) is 56.0 Å². The van der Waals surface area contributed by atoms with Crippen molar-refractivity contribution in [1.29, 1.82) is 0 Å². The molecule has 0 aliphatic heterocycles. The third kappa shape index (κ3) is 2.75. The molecule has 102 valence electrons. The number of hydrogen-bond acceptors (Lipinski definition) is 1. The van der Waals surface area contributed by atoms with Crippen LogP contribution >= 0.6 is 0 Å². The fourth-order valence-corrected chi connectivity index (χ4v) is 3.94. The quantitative estimate of drug-likeness (QED) is 0.687. The molecule has 0 radical (unpaired) electrons. The van der Waals surface area contributed by atoms with Gasteiger partial charge in [0.15, 0.2) is 0 Å². The third-order valence-electron chi connectivity index (χ3n) is 4.82. The molecule has 0 heterocycles. The molecular formula is C18H24O. The second-order valence-electron chi connectivity index (χ2n) is 5.74. The summed E-state index contributed by atoms with van der Waals surface area (Å²) in [6.45, 7) is 8.96. The highest BCUT2D eigenvalue weighted by molar-refractivity contribution is 5.30. The average molecular weight is 256 g/mol. The molecule has 2 aliphatic carbocycles. The van der Waals surface area contributed by atoms with Gasteiger partial charge < -0.3 is 4.74 Å². The van der Waals surface area contributed by atoms with Crippen molar-refractivity contribution in [2.45, 2.75) is 38.0 Å². The fraction of sp³-hybridized carbons (Fsp3) is 0.444. The predicted molar refractivity (Wildman–Crippen MR) is 80.7 cm³/mol. The maximum Gasteiger partial charge on any atom is 0.0829 e. The summed E-state index contributed by atoms with van der Waals surface area (Å²) < 4.78 is 4.36. The molecule has 0 amide bonds. The van der Waals surface area contributed by atoms with Gasteiger partial charge in [0.2, 0.25) is 0 Å². The summed E-state index contributed by atoms with van der Waals surface area (Å²) in [6.07, 6.45) is 8.45. The summed E-state index contributed by atoms with van der Waals surface area (Å²) in [5, 5.41) is 0. The number of rotatable bonds is 3. The van der Waals surface area contributed by atoms with Gasteiger partial charge in [0.25, 0.3) is 0 Å². The topological polar surface area (TPSA) is 9.23 Å². The highest BCUT2D eigenvalue weighted by atomic mass is 16.5. The van der Waals surface area contributed by atoms with Crippen molar-refractivity contribution in [1.82, 2.24) is 0 Å². The molecule has 2 aliphatic rings. The summed E-state index contributed by atoms with van der Waals surface area (Å²) in [5.74, 6) is 1.94. The Balaban J connectivity index is 0.000000232. The first-order valence-electron chi connectivity index (χ1n) is 7.15. The van der Waals surface area contributed by atoms with E-state index in [4.69, 9.17) is 0 Å². The van der Waals surface area contributed by atoms with Crippen LogP contribution in [0.3, 0.4) is 0 Å². The lowest BCUT2D eigenvalue weighted by Gasteiger charge is -2.33. The molecule has 2 saturated carbocycles. The van der Waals surface area contributed by atoms with E-state index in [2.05, 4.69) is 55.2 Å². The molecule has 19 heavy (non-hydrogen) atoms. The monoisotopic (exact) mass is 256 g/mol. The minimum atomic E-state index is 0.561. The van der Waals surface area contributed by atoms with Crippen molar-refractivity contribution in [3.05, 3.63) is 61.6 Å². The van der Waals surface area contributed by atoms with Crippen molar-refractivity contribution in [2.75, 3.05) is 0 Å². The SMILES string of the molecule is C=COC=C.CC1CC2CCC1(c1ccccc1)C2. The molecule has 3 atom stereocenters. The van der Waals surface area contributed by atoms with Crippen LogP contribution in [0.1, 0.15) is 38.2 Å². The van der Waals surface area contributed by atoms with E-state index in [-0.39, 0.29) is 0 Å². The third-order valence-corrected chi connectivity index (χ3v) is 4.82. The summed E-state index contributed by atoms with van der Waals surface area (Å²) in [4.78, 5) is 0. The Morgan fingerprint density at radius 3 is 2.32 bits per heavy atom. The van der Waals surface area contributed by atoms with Crippen molar-refractivity contribution < 1.29 is 4.74 Å².